The van der Waals surface area contributed by atoms with Gasteiger partial charge in [0.15, 0.2) is 28.7 Å². The zero-order valence-corrected chi connectivity index (χ0v) is 16.8. The number of phenols is 1. The van der Waals surface area contributed by atoms with Crippen molar-refractivity contribution in [3.05, 3.63) is 47.8 Å². The molecule has 0 spiro atoms. The molecule has 0 atom stereocenters. The number of piperazine rings is 1. The van der Waals surface area contributed by atoms with Crippen LogP contribution in [0.3, 0.4) is 0 Å². The van der Waals surface area contributed by atoms with Crippen LogP contribution in [0.15, 0.2) is 40.9 Å². The molecule has 0 unspecified atom stereocenters. The van der Waals surface area contributed by atoms with Gasteiger partial charge in [-0.1, -0.05) is 5.16 Å². The van der Waals surface area contributed by atoms with Crippen LogP contribution in [0.5, 0.6) is 11.5 Å². The van der Waals surface area contributed by atoms with Crippen molar-refractivity contribution in [2.75, 3.05) is 44.2 Å². The SMILES string of the molecule is CC(=O)c1ccc(OCCCN2CCN(c3noc4cc(F)ccc34)CC2)c(O)c1. The van der Waals surface area contributed by atoms with Crippen molar-refractivity contribution >= 4 is 22.6 Å². The lowest BCUT2D eigenvalue weighted by Crippen LogP contribution is -2.47. The fourth-order valence-corrected chi connectivity index (χ4v) is 3.64. The predicted octanol–water partition coefficient (Wildman–Crippen LogP) is 3.47. The molecular weight excluding hydrogens is 389 g/mol. The zero-order chi connectivity index (χ0) is 21.1. The first-order chi connectivity index (χ1) is 14.5. The number of hydrogen-bond acceptors (Lipinski definition) is 7. The molecule has 4 rings (SSSR count). The second-order valence-electron chi connectivity index (χ2n) is 7.42. The first-order valence-electron chi connectivity index (χ1n) is 10.0. The van der Waals surface area contributed by atoms with E-state index in [1.807, 2.05) is 0 Å². The van der Waals surface area contributed by atoms with E-state index in [2.05, 4.69) is 15.0 Å². The number of phenolic OH excluding ortho intramolecular Hbond substituents is 1. The smallest absolute Gasteiger partial charge is 0.180 e. The molecule has 2 aromatic carbocycles. The Hall–Kier alpha value is -3.13. The summed E-state index contributed by atoms with van der Waals surface area (Å²) >= 11 is 0. The molecule has 0 amide bonds. The Morgan fingerprint density at radius 3 is 2.73 bits per heavy atom. The van der Waals surface area contributed by atoms with Crippen LogP contribution in [0.25, 0.3) is 11.0 Å². The Balaban J connectivity index is 1.23. The van der Waals surface area contributed by atoms with Gasteiger partial charge in [0.25, 0.3) is 0 Å². The van der Waals surface area contributed by atoms with Gasteiger partial charge in [0.2, 0.25) is 0 Å². The van der Waals surface area contributed by atoms with E-state index in [4.69, 9.17) is 9.26 Å². The Morgan fingerprint density at radius 1 is 1.20 bits per heavy atom. The Morgan fingerprint density at radius 2 is 2.00 bits per heavy atom. The third-order valence-corrected chi connectivity index (χ3v) is 5.33. The highest BCUT2D eigenvalue weighted by molar-refractivity contribution is 5.94. The second kappa shape index (κ2) is 8.71. The summed E-state index contributed by atoms with van der Waals surface area (Å²) in [7, 11) is 0. The summed E-state index contributed by atoms with van der Waals surface area (Å²) in [6.45, 7) is 6.21. The summed E-state index contributed by atoms with van der Waals surface area (Å²) in [5, 5.41) is 14.9. The second-order valence-corrected chi connectivity index (χ2v) is 7.42. The lowest BCUT2D eigenvalue weighted by Gasteiger charge is -2.34. The molecule has 1 fully saturated rings. The van der Waals surface area contributed by atoms with Gasteiger partial charge in [-0.3, -0.25) is 9.69 Å². The number of aromatic hydroxyl groups is 1. The van der Waals surface area contributed by atoms with Crippen LogP contribution >= 0.6 is 0 Å². The van der Waals surface area contributed by atoms with Crippen molar-refractivity contribution in [1.29, 1.82) is 0 Å². The Bertz CT molecular complexity index is 1040. The molecule has 0 saturated carbocycles. The lowest BCUT2D eigenvalue weighted by atomic mass is 10.1. The number of halogens is 1. The minimum atomic E-state index is -0.333. The summed E-state index contributed by atoms with van der Waals surface area (Å²) in [5.41, 5.74) is 0.923. The van der Waals surface area contributed by atoms with E-state index in [9.17, 15) is 14.3 Å². The van der Waals surface area contributed by atoms with Crippen LogP contribution in [-0.4, -0.2) is 60.3 Å². The van der Waals surface area contributed by atoms with Gasteiger partial charge in [-0.15, -0.1) is 0 Å². The fraction of sp³-hybridized carbons (Fsp3) is 0.364. The van der Waals surface area contributed by atoms with Crippen molar-refractivity contribution in [1.82, 2.24) is 10.1 Å². The van der Waals surface area contributed by atoms with Crippen LogP contribution in [0.1, 0.15) is 23.7 Å². The Labute approximate surface area is 173 Å². The molecule has 8 heteroatoms. The molecule has 0 bridgehead atoms. The Kier molecular flexibility index (Phi) is 5.85. The number of anilines is 1. The average molecular weight is 413 g/mol. The van der Waals surface area contributed by atoms with Crippen LogP contribution in [0.4, 0.5) is 10.2 Å². The number of hydrogen-bond donors (Lipinski definition) is 1. The molecule has 30 heavy (non-hydrogen) atoms. The highest BCUT2D eigenvalue weighted by Crippen LogP contribution is 2.28. The van der Waals surface area contributed by atoms with E-state index < -0.39 is 0 Å². The third kappa shape index (κ3) is 4.38. The maximum Gasteiger partial charge on any atom is 0.180 e. The highest BCUT2D eigenvalue weighted by Gasteiger charge is 2.21. The standard InChI is InChI=1S/C22H24FN3O4/c1-15(27)16-3-6-20(19(28)13-16)29-12-2-7-25-8-10-26(11-9-25)22-18-5-4-17(23)14-21(18)30-24-22/h3-6,13-14,28H,2,7-12H2,1H3. The van der Waals surface area contributed by atoms with Gasteiger partial charge >= 0.3 is 0 Å². The van der Waals surface area contributed by atoms with E-state index in [1.54, 1.807) is 18.2 Å². The molecule has 0 aliphatic carbocycles. The maximum absolute atomic E-state index is 13.3. The number of ether oxygens (including phenoxy) is 1. The number of rotatable bonds is 7. The summed E-state index contributed by atoms with van der Waals surface area (Å²) in [6.07, 6.45) is 0.820. The number of Topliss-reactive ketones (excluding diaryl/α,β-unsaturated/α-hetero) is 1. The molecule has 1 N–H and O–H groups in total. The minimum Gasteiger partial charge on any atom is -0.504 e. The van der Waals surface area contributed by atoms with Crippen LogP contribution in [0.2, 0.25) is 0 Å². The first kappa shape index (κ1) is 20.2. The van der Waals surface area contributed by atoms with Crippen molar-refractivity contribution in [2.24, 2.45) is 0 Å². The number of carbonyl (C=O) groups excluding carboxylic acids is 1. The summed E-state index contributed by atoms with van der Waals surface area (Å²) < 4.78 is 24.2. The van der Waals surface area contributed by atoms with E-state index in [0.717, 1.165) is 50.3 Å². The van der Waals surface area contributed by atoms with Crippen LogP contribution in [-0.2, 0) is 0 Å². The number of carbonyl (C=O) groups is 1. The van der Waals surface area contributed by atoms with E-state index in [1.165, 1.54) is 25.1 Å². The van der Waals surface area contributed by atoms with Gasteiger partial charge in [0.05, 0.1) is 12.0 Å². The average Bonchev–Trinajstić information content (AvgIpc) is 3.15. The summed E-state index contributed by atoms with van der Waals surface area (Å²) in [6, 6.07) is 9.19. The van der Waals surface area contributed by atoms with Crippen LogP contribution < -0.4 is 9.64 Å². The van der Waals surface area contributed by atoms with Crippen molar-refractivity contribution in [3.63, 3.8) is 0 Å². The van der Waals surface area contributed by atoms with Gasteiger partial charge < -0.3 is 19.3 Å². The van der Waals surface area contributed by atoms with Crippen molar-refractivity contribution in [3.8, 4) is 11.5 Å². The minimum absolute atomic E-state index is 0.0176. The molecule has 1 saturated heterocycles. The molecule has 2 heterocycles. The van der Waals surface area contributed by atoms with E-state index in [-0.39, 0.29) is 17.3 Å². The number of aromatic nitrogens is 1. The van der Waals surface area contributed by atoms with Gasteiger partial charge in [-0.05, 0) is 43.7 Å². The molecule has 1 aliphatic heterocycles. The molecule has 1 aromatic heterocycles. The van der Waals surface area contributed by atoms with Crippen molar-refractivity contribution in [2.45, 2.75) is 13.3 Å². The topological polar surface area (TPSA) is 79.0 Å². The van der Waals surface area contributed by atoms with E-state index in [0.29, 0.717) is 23.5 Å². The van der Waals surface area contributed by atoms with Gasteiger partial charge in [-0.2, -0.15) is 0 Å². The quantitative estimate of drug-likeness (QED) is 0.469. The third-order valence-electron chi connectivity index (χ3n) is 5.33. The normalized spacial score (nSPS) is 14.9. The fourth-order valence-electron chi connectivity index (χ4n) is 3.64. The van der Waals surface area contributed by atoms with Gasteiger partial charge in [0.1, 0.15) is 5.82 Å². The largest absolute Gasteiger partial charge is 0.504 e. The summed E-state index contributed by atoms with van der Waals surface area (Å²) in [4.78, 5) is 15.8. The molecule has 158 valence electrons. The zero-order valence-electron chi connectivity index (χ0n) is 16.8. The monoisotopic (exact) mass is 413 g/mol. The number of nitrogens with zero attached hydrogens (tertiary/aromatic N) is 3. The molecule has 0 radical (unpaired) electrons. The number of benzene rings is 2. The van der Waals surface area contributed by atoms with Crippen molar-refractivity contribution < 1.29 is 23.6 Å². The van der Waals surface area contributed by atoms with Gasteiger partial charge in [-0.25, -0.2) is 4.39 Å². The molecule has 1 aliphatic rings. The molecule has 3 aromatic rings. The highest BCUT2D eigenvalue weighted by atomic mass is 19.1. The maximum atomic E-state index is 13.3. The van der Waals surface area contributed by atoms with E-state index >= 15 is 0 Å². The molecule has 7 nitrogen and oxygen atoms in total. The molecular formula is C22H24FN3O4. The summed E-state index contributed by atoms with van der Waals surface area (Å²) in [5.74, 6) is 0.704. The van der Waals surface area contributed by atoms with Gasteiger partial charge in [0, 0.05) is 44.4 Å². The van der Waals surface area contributed by atoms with Crippen LogP contribution in [0, 0.1) is 5.82 Å². The number of ketones is 1. The lowest BCUT2D eigenvalue weighted by molar-refractivity contribution is 0.101. The first-order valence-corrected chi connectivity index (χ1v) is 10.0. The number of fused-ring (bicyclic) bond motifs is 1. The predicted molar refractivity (Wildman–Crippen MR) is 111 cm³/mol.